The number of carbonyl (C=O) groups excluding carboxylic acids is 5. The van der Waals surface area contributed by atoms with Crippen molar-refractivity contribution in [1.82, 2.24) is 15.5 Å². The highest BCUT2D eigenvalue weighted by Crippen LogP contribution is 2.32. The van der Waals surface area contributed by atoms with E-state index in [1.807, 2.05) is 31.2 Å². The second-order valence-electron chi connectivity index (χ2n) is 8.56. The van der Waals surface area contributed by atoms with Crippen LogP contribution in [0.3, 0.4) is 0 Å². The summed E-state index contributed by atoms with van der Waals surface area (Å²) in [6.45, 7) is 2.96. The Hall–Kier alpha value is -4.21. The molecule has 0 spiro atoms. The van der Waals surface area contributed by atoms with Crippen molar-refractivity contribution in [3.8, 4) is 0 Å². The van der Waals surface area contributed by atoms with Gasteiger partial charge in [0.1, 0.15) is 6.04 Å². The highest BCUT2D eigenvalue weighted by atomic mass is 16.2. The standard InChI is InChI=1S/C25H27N5O5/c1-15-6-4-7-16(14-15)28-25(35)27-13-3-2-12-26-18-9-5-8-17-21(18)24(34)30(23(17)33)19-10-11-20(31)29-22(19)32/h4-9,14,19,26H,2-3,10-13H2,1H3,(H2,27,28,35)(H,29,31,32). The van der Waals surface area contributed by atoms with E-state index < -0.39 is 29.7 Å². The summed E-state index contributed by atoms with van der Waals surface area (Å²) < 4.78 is 0. The number of hydrogen-bond donors (Lipinski definition) is 4. The van der Waals surface area contributed by atoms with Crippen LogP contribution in [-0.2, 0) is 9.59 Å². The van der Waals surface area contributed by atoms with Crippen LogP contribution in [0.5, 0.6) is 0 Å². The molecule has 2 aromatic carbocycles. The van der Waals surface area contributed by atoms with Crippen LogP contribution >= 0.6 is 0 Å². The first kappa shape index (κ1) is 23.9. The summed E-state index contributed by atoms with van der Waals surface area (Å²) in [4.78, 5) is 62.6. The van der Waals surface area contributed by atoms with Crippen LogP contribution in [0, 0.1) is 6.92 Å². The molecule has 0 aliphatic carbocycles. The van der Waals surface area contributed by atoms with Crippen LogP contribution in [-0.4, -0.2) is 53.7 Å². The number of carbonyl (C=O) groups is 5. The van der Waals surface area contributed by atoms with E-state index >= 15 is 0 Å². The number of aryl methyl sites for hydroxylation is 1. The number of urea groups is 1. The predicted octanol–water partition coefficient (Wildman–Crippen LogP) is 2.41. The number of nitrogens with zero attached hydrogens (tertiary/aromatic N) is 1. The SMILES string of the molecule is Cc1cccc(NC(=O)NCCCCNc2cccc3c2C(=O)N(C2CCC(=O)NC2=O)C3=O)c1. The topological polar surface area (TPSA) is 137 Å². The number of nitrogens with one attached hydrogen (secondary N) is 4. The monoisotopic (exact) mass is 477 g/mol. The lowest BCUT2D eigenvalue weighted by atomic mass is 10.0. The number of amides is 6. The number of piperidine rings is 1. The van der Waals surface area contributed by atoms with E-state index in [4.69, 9.17) is 0 Å². The average molecular weight is 478 g/mol. The van der Waals surface area contributed by atoms with E-state index in [2.05, 4.69) is 21.3 Å². The zero-order valence-electron chi connectivity index (χ0n) is 19.3. The summed E-state index contributed by atoms with van der Waals surface area (Å²) in [5.41, 5.74) is 2.77. The molecule has 0 bridgehead atoms. The summed E-state index contributed by atoms with van der Waals surface area (Å²) in [6.07, 6.45) is 1.61. The van der Waals surface area contributed by atoms with Gasteiger partial charge >= 0.3 is 6.03 Å². The lowest BCUT2D eigenvalue weighted by Crippen LogP contribution is -2.54. The summed E-state index contributed by atoms with van der Waals surface area (Å²) in [6, 6.07) is 11.2. The Labute approximate surface area is 202 Å². The summed E-state index contributed by atoms with van der Waals surface area (Å²) in [7, 11) is 0. The van der Waals surface area contributed by atoms with Crippen molar-refractivity contribution in [1.29, 1.82) is 0 Å². The quantitative estimate of drug-likeness (QED) is 0.340. The second-order valence-corrected chi connectivity index (χ2v) is 8.56. The minimum atomic E-state index is -0.995. The third-order valence-corrected chi connectivity index (χ3v) is 5.95. The van der Waals surface area contributed by atoms with Crippen LogP contribution in [0.4, 0.5) is 16.2 Å². The molecule has 4 rings (SSSR count). The van der Waals surface area contributed by atoms with Crippen LogP contribution in [0.1, 0.15) is 52.0 Å². The van der Waals surface area contributed by atoms with E-state index in [0.29, 0.717) is 31.6 Å². The van der Waals surface area contributed by atoms with Crippen molar-refractivity contribution in [3.05, 3.63) is 59.2 Å². The van der Waals surface area contributed by atoms with Gasteiger partial charge in [0.15, 0.2) is 0 Å². The highest BCUT2D eigenvalue weighted by molar-refractivity contribution is 6.25. The third kappa shape index (κ3) is 5.32. The molecule has 1 unspecified atom stereocenters. The number of rotatable bonds is 8. The maximum Gasteiger partial charge on any atom is 0.319 e. The van der Waals surface area contributed by atoms with Gasteiger partial charge in [-0.15, -0.1) is 0 Å². The van der Waals surface area contributed by atoms with Crippen LogP contribution in [0.2, 0.25) is 0 Å². The molecule has 2 aliphatic rings. The number of anilines is 2. The van der Waals surface area contributed by atoms with Crippen molar-refractivity contribution < 1.29 is 24.0 Å². The minimum Gasteiger partial charge on any atom is -0.384 e. The molecule has 4 N–H and O–H groups in total. The van der Waals surface area contributed by atoms with E-state index in [-0.39, 0.29) is 30.0 Å². The summed E-state index contributed by atoms with van der Waals surface area (Å²) >= 11 is 0. The van der Waals surface area contributed by atoms with E-state index in [1.165, 1.54) is 0 Å². The maximum atomic E-state index is 13.1. The fraction of sp³-hybridized carbons (Fsp3) is 0.320. The van der Waals surface area contributed by atoms with Crippen molar-refractivity contribution in [2.75, 3.05) is 23.7 Å². The molecule has 6 amide bonds. The van der Waals surface area contributed by atoms with Crippen molar-refractivity contribution in [2.45, 2.75) is 38.6 Å². The molecule has 0 radical (unpaired) electrons. The molecule has 0 saturated carbocycles. The minimum absolute atomic E-state index is 0.0754. The first-order valence-corrected chi connectivity index (χ1v) is 11.5. The van der Waals surface area contributed by atoms with Crippen molar-refractivity contribution in [2.24, 2.45) is 0 Å². The smallest absolute Gasteiger partial charge is 0.319 e. The molecule has 0 aromatic heterocycles. The van der Waals surface area contributed by atoms with Crippen LogP contribution < -0.4 is 21.3 Å². The average Bonchev–Trinajstić information content (AvgIpc) is 3.07. The van der Waals surface area contributed by atoms with Crippen LogP contribution in [0.15, 0.2) is 42.5 Å². The van der Waals surface area contributed by atoms with Gasteiger partial charge in [0.25, 0.3) is 11.8 Å². The first-order valence-electron chi connectivity index (χ1n) is 11.5. The fourth-order valence-electron chi connectivity index (χ4n) is 4.24. The molecule has 35 heavy (non-hydrogen) atoms. The second kappa shape index (κ2) is 10.4. The van der Waals surface area contributed by atoms with Gasteiger partial charge in [-0.3, -0.25) is 29.4 Å². The first-order chi connectivity index (χ1) is 16.8. The van der Waals surface area contributed by atoms with E-state index in [9.17, 15) is 24.0 Å². The number of fused-ring (bicyclic) bond motifs is 1. The molecule has 10 heteroatoms. The number of benzene rings is 2. The van der Waals surface area contributed by atoms with Gasteiger partial charge in [0, 0.05) is 30.9 Å². The normalized spacial score (nSPS) is 17.2. The largest absolute Gasteiger partial charge is 0.384 e. The number of imide groups is 2. The zero-order valence-corrected chi connectivity index (χ0v) is 19.3. The Balaban J connectivity index is 1.27. The molecular formula is C25H27N5O5. The Morgan fingerprint density at radius 1 is 1.03 bits per heavy atom. The zero-order chi connectivity index (χ0) is 24.9. The van der Waals surface area contributed by atoms with Gasteiger partial charge in [-0.2, -0.15) is 0 Å². The molecule has 1 fully saturated rings. The number of unbranched alkanes of at least 4 members (excludes halogenated alkanes) is 1. The molecule has 182 valence electrons. The molecule has 2 aromatic rings. The van der Waals surface area contributed by atoms with Crippen molar-refractivity contribution in [3.63, 3.8) is 0 Å². The summed E-state index contributed by atoms with van der Waals surface area (Å²) in [5.74, 6) is -2.12. The predicted molar refractivity (Wildman–Crippen MR) is 129 cm³/mol. The Bertz CT molecular complexity index is 1190. The maximum absolute atomic E-state index is 13.1. The number of hydrogen-bond acceptors (Lipinski definition) is 6. The molecule has 1 saturated heterocycles. The Morgan fingerprint density at radius 2 is 1.80 bits per heavy atom. The third-order valence-electron chi connectivity index (χ3n) is 5.95. The fourth-order valence-corrected chi connectivity index (χ4v) is 4.24. The van der Waals surface area contributed by atoms with Crippen molar-refractivity contribution >= 4 is 41.0 Å². The molecular weight excluding hydrogens is 450 g/mol. The lowest BCUT2D eigenvalue weighted by Gasteiger charge is -2.27. The van der Waals surface area contributed by atoms with E-state index in [1.54, 1.807) is 18.2 Å². The van der Waals surface area contributed by atoms with Gasteiger partial charge in [0.2, 0.25) is 11.8 Å². The lowest BCUT2D eigenvalue weighted by molar-refractivity contribution is -0.136. The van der Waals surface area contributed by atoms with E-state index in [0.717, 1.165) is 16.2 Å². The highest BCUT2D eigenvalue weighted by Gasteiger charge is 2.45. The van der Waals surface area contributed by atoms with Crippen LogP contribution in [0.25, 0.3) is 0 Å². The molecule has 1 atom stereocenters. The molecule has 10 nitrogen and oxygen atoms in total. The van der Waals surface area contributed by atoms with Gasteiger partial charge in [0.05, 0.1) is 11.1 Å². The van der Waals surface area contributed by atoms with Gasteiger partial charge in [-0.1, -0.05) is 18.2 Å². The van der Waals surface area contributed by atoms with Gasteiger partial charge < -0.3 is 16.0 Å². The Kier molecular flexibility index (Phi) is 7.09. The van der Waals surface area contributed by atoms with Gasteiger partial charge in [-0.05, 0) is 56.0 Å². The summed E-state index contributed by atoms with van der Waals surface area (Å²) in [5, 5.41) is 11.0. The van der Waals surface area contributed by atoms with Gasteiger partial charge in [-0.25, -0.2) is 4.79 Å². The Morgan fingerprint density at radius 3 is 2.57 bits per heavy atom. The molecule has 2 aliphatic heterocycles. The molecule has 2 heterocycles.